The van der Waals surface area contributed by atoms with E-state index in [1.807, 2.05) is 12.2 Å². The molecule has 0 saturated heterocycles. The van der Waals surface area contributed by atoms with Gasteiger partial charge in [-0.2, -0.15) is 0 Å². The number of hydrogen-bond acceptors (Lipinski definition) is 2. The number of esters is 1. The Kier molecular flexibility index (Phi) is 5.83. The summed E-state index contributed by atoms with van der Waals surface area (Å²) in [6.45, 7) is 2.10. The van der Waals surface area contributed by atoms with Crippen molar-refractivity contribution in [3.63, 3.8) is 0 Å². The molecule has 58 valence electrons. The van der Waals surface area contributed by atoms with Crippen LogP contribution in [0.4, 0.5) is 0 Å². The maximum atomic E-state index is 10.5. The lowest BCUT2D eigenvalue weighted by Crippen LogP contribution is -1.96. The molecule has 0 bridgehead atoms. The fourth-order valence-electron chi connectivity index (χ4n) is 0.547. The molecule has 2 heteroatoms. The van der Waals surface area contributed by atoms with E-state index in [0.29, 0.717) is 6.42 Å². The van der Waals surface area contributed by atoms with Gasteiger partial charge in [-0.1, -0.05) is 25.5 Å². The lowest BCUT2D eigenvalue weighted by molar-refractivity contribution is -0.139. The van der Waals surface area contributed by atoms with Crippen LogP contribution in [0.1, 0.15) is 26.2 Å². The predicted molar refractivity (Wildman–Crippen MR) is 40.7 cm³/mol. The van der Waals surface area contributed by atoms with Gasteiger partial charge in [-0.3, -0.25) is 4.79 Å². The summed E-state index contributed by atoms with van der Waals surface area (Å²) >= 11 is 0. The van der Waals surface area contributed by atoms with Crippen molar-refractivity contribution in [2.45, 2.75) is 26.2 Å². The quantitative estimate of drug-likeness (QED) is 0.442. The number of ether oxygens (including phenoxy) is 1. The minimum Gasteiger partial charge on any atom is -0.469 e. The summed E-state index contributed by atoms with van der Waals surface area (Å²) < 4.78 is 4.44. The zero-order valence-corrected chi connectivity index (χ0v) is 6.59. The van der Waals surface area contributed by atoms with Crippen molar-refractivity contribution < 1.29 is 9.53 Å². The third-order valence-corrected chi connectivity index (χ3v) is 1.13. The molecule has 0 aromatic rings. The Bertz CT molecular complexity index is 116. The summed E-state index contributed by atoms with van der Waals surface area (Å²) in [5.74, 6) is -0.174. The van der Waals surface area contributed by atoms with Crippen molar-refractivity contribution in [2.75, 3.05) is 7.11 Å². The first-order valence-corrected chi connectivity index (χ1v) is 3.53. The average Bonchev–Trinajstić information content (AvgIpc) is 1.98. The van der Waals surface area contributed by atoms with Crippen molar-refractivity contribution in [2.24, 2.45) is 0 Å². The first kappa shape index (κ1) is 9.21. The van der Waals surface area contributed by atoms with E-state index in [1.165, 1.54) is 7.11 Å². The molecule has 0 aromatic carbocycles. The van der Waals surface area contributed by atoms with Crippen LogP contribution >= 0.6 is 0 Å². The van der Waals surface area contributed by atoms with Crippen molar-refractivity contribution in [1.82, 2.24) is 0 Å². The molecular weight excluding hydrogens is 128 g/mol. The van der Waals surface area contributed by atoms with Crippen molar-refractivity contribution in [1.29, 1.82) is 0 Å². The Balaban J connectivity index is 3.25. The van der Waals surface area contributed by atoms with E-state index in [-0.39, 0.29) is 5.97 Å². The fourth-order valence-corrected chi connectivity index (χ4v) is 0.547. The fraction of sp³-hybridized carbons (Fsp3) is 0.625. The molecule has 0 aromatic heterocycles. The van der Waals surface area contributed by atoms with Crippen molar-refractivity contribution in [3.05, 3.63) is 12.2 Å². The molecule has 0 aliphatic heterocycles. The maximum Gasteiger partial charge on any atom is 0.309 e. The molecule has 0 heterocycles. The molecule has 0 aliphatic carbocycles. The van der Waals surface area contributed by atoms with Crippen molar-refractivity contribution in [3.8, 4) is 0 Å². The minimum absolute atomic E-state index is 0.174. The molecule has 0 radical (unpaired) electrons. The molecule has 0 fully saturated rings. The second-order valence-corrected chi connectivity index (χ2v) is 2.04. The van der Waals surface area contributed by atoms with Crippen LogP contribution in [0.15, 0.2) is 12.2 Å². The van der Waals surface area contributed by atoms with E-state index in [1.54, 1.807) is 0 Å². The largest absolute Gasteiger partial charge is 0.469 e. The van der Waals surface area contributed by atoms with E-state index >= 15 is 0 Å². The van der Waals surface area contributed by atoms with Gasteiger partial charge in [0.2, 0.25) is 0 Å². The molecule has 0 amide bonds. The van der Waals surface area contributed by atoms with Gasteiger partial charge in [0.1, 0.15) is 0 Å². The Morgan fingerprint density at radius 1 is 1.50 bits per heavy atom. The Labute approximate surface area is 61.9 Å². The third kappa shape index (κ3) is 5.35. The highest BCUT2D eigenvalue weighted by Crippen LogP contribution is 1.91. The standard InChI is InChI=1S/C8H14O2/c1-3-4-5-6-7-8(9)10-2/h5-6H,3-4,7H2,1-2H3/b6-5+. The van der Waals surface area contributed by atoms with Crippen LogP contribution in [0.2, 0.25) is 0 Å². The monoisotopic (exact) mass is 142 g/mol. The van der Waals surface area contributed by atoms with Gasteiger partial charge in [0.05, 0.1) is 13.5 Å². The maximum absolute atomic E-state index is 10.5. The van der Waals surface area contributed by atoms with Gasteiger partial charge in [0, 0.05) is 0 Å². The number of carbonyl (C=O) groups is 1. The molecule has 10 heavy (non-hydrogen) atoms. The first-order valence-electron chi connectivity index (χ1n) is 3.53. The topological polar surface area (TPSA) is 26.3 Å². The van der Waals surface area contributed by atoms with E-state index in [2.05, 4.69) is 11.7 Å². The summed E-state index contributed by atoms with van der Waals surface area (Å²) in [6.07, 6.45) is 6.40. The van der Waals surface area contributed by atoms with E-state index in [9.17, 15) is 4.79 Å². The van der Waals surface area contributed by atoms with E-state index in [0.717, 1.165) is 12.8 Å². The summed E-state index contributed by atoms with van der Waals surface area (Å²) in [5, 5.41) is 0. The average molecular weight is 142 g/mol. The van der Waals surface area contributed by atoms with Crippen molar-refractivity contribution >= 4 is 5.97 Å². The number of carbonyl (C=O) groups excluding carboxylic acids is 1. The van der Waals surface area contributed by atoms with Crippen LogP contribution in [0.3, 0.4) is 0 Å². The number of rotatable bonds is 4. The first-order chi connectivity index (χ1) is 4.81. The van der Waals surface area contributed by atoms with Crippen LogP contribution in [0, 0.1) is 0 Å². The highest BCUT2D eigenvalue weighted by molar-refractivity contribution is 5.70. The lowest BCUT2D eigenvalue weighted by Gasteiger charge is -1.90. The van der Waals surface area contributed by atoms with Gasteiger partial charge in [-0.05, 0) is 6.42 Å². The molecule has 0 unspecified atom stereocenters. The van der Waals surface area contributed by atoms with Crippen LogP contribution in [0.25, 0.3) is 0 Å². The minimum atomic E-state index is -0.174. The smallest absolute Gasteiger partial charge is 0.309 e. The highest BCUT2D eigenvalue weighted by atomic mass is 16.5. The molecular formula is C8H14O2. The molecule has 0 atom stereocenters. The summed E-state index contributed by atoms with van der Waals surface area (Å²) in [6, 6.07) is 0. The zero-order valence-electron chi connectivity index (χ0n) is 6.59. The summed E-state index contributed by atoms with van der Waals surface area (Å²) in [4.78, 5) is 10.5. The van der Waals surface area contributed by atoms with Gasteiger partial charge >= 0.3 is 5.97 Å². The van der Waals surface area contributed by atoms with E-state index < -0.39 is 0 Å². The van der Waals surface area contributed by atoms with Crippen LogP contribution in [-0.4, -0.2) is 13.1 Å². The molecule has 0 rings (SSSR count). The van der Waals surface area contributed by atoms with E-state index in [4.69, 9.17) is 0 Å². The number of hydrogen-bond donors (Lipinski definition) is 0. The number of unbranched alkanes of at least 4 members (excludes halogenated alkanes) is 1. The van der Waals surface area contributed by atoms with Gasteiger partial charge in [0.15, 0.2) is 0 Å². The molecule has 2 nitrogen and oxygen atoms in total. The van der Waals surface area contributed by atoms with Gasteiger partial charge in [-0.25, -0.2) is 0 Å². The molecule has 0 saturated carbocycles. The van der Waals surface area contributed by atoms with Gasteiger partial charge < -0.3 is 4.74 Å². The lowest BCUT2D eigenvalue weighted by atomic mass is 10.3. The predicted octanol–water partition coefficient (Wildman–Crippen LogP) is 1.91. The Morgan fingerprint density at radius 2 is 2.20 bits per heavy atom. The Hall–Kier alpha value is -0.790. The molecule has 0 spiro atoms. The van der Waals surface area contributed by atoms with Crippen LogP contribution in [0.5, 0.6) is 0 Å². The number of methoxy groups -OCH3 is 1. The molecule has 0 aliphatic rings. The summed E-state index contributed by atoms with van der Waals surface area (Å²) in [5.41, 5.74) is 0. The van der Waals surface area contributed by atoms with Crippen LogP contribution < -0.4 is 0 Å². The third-order valence-electron chi connectivity index (χ3n) is 1.13. The Morgan fingerprint density at radius 3 is 2.70 bits per heavy atom. The SMILES string of the molecule is CCC/C=C/CC(=O)OC. The zero-order chi connectivity index (χ0) is 7.82. The van der Waals surface area contributed by atoms with Gasteiger partial charge in [-0.15, -0.1) is 0 Å². The second-order valence-electron chi connectivity index (χ2n) is 2.04. The second kappa shape index (κ2) is 6.33. The molecule has 0 N–H and O–H groups in total. The number of allylic oxidation sites excluding steroid dienone is 1. The highest BCUT2D eigenvalue weighted by Gasteiger charge is 1.91. The van der Waals surface area contributed by atoms with Gasteiger partial charge in [0.25, 0.3) is 0 Å². The van der Waals surface area contributed by atoms with Crippen LogP contribution in [-0.2, 0) is 9.53 Å². The summed E-state index contributed by atoms with van der Waals surface area (Å²) in [7, 11) is 1.40. The normalized spacial score (nSPS) is 10.2.